The molecule has 1 aromatic carbocycles. The van der Waals surface area contributed by atoms with Gasteiger partial charge in [0.15, 0.2) is 0 Å². The molecule has 0 spiro atoms. The van der Waals surface area contributed by atoms with Gasteiger partial charge >= 0.3 is 0 Å². The number of nitrogens with zero attached hydrogens (tertiary/aromatic N) is 2. The Balaban J connectivity index is 2.13. The number of rotatable bonds is 2. The minimum atomic E-state index is 0.830. The van der Waals surface area contributed by atoms with Gasteiger partial charge in [-0.1, -0.05) is 0 Å². The summed E-state index contributed by atoms with van der Waals surface area (Å²) in [5.74, 6) is 0.830. The first-order chi connectivity index (χ1) is 8.76. The highest BCUT2D eigenvalue weighted by Crippen LogP contribution is 2.31. The fourth-order valence-electron chi connectivity index (χ4n) is 1.80. The molecule has 0 aliphatic carbocycles. The van der Waals surface area contributed by atoms with Gasteiger partial charge < -0.3 is 4.74 Å². The molecule has 3 aromatic rings. The molecule has 0 fully saturated rings. The van der Waals surface area contributed by atoms with Crippen LogP contribution in [0, 0.1) is 6.92 Å². The number of pyridine rings is 1. The summed E-state index contributed by atoms with van der Waals surface area (Å²) in [7, 11) is 1.66. The van der Waals surface area contributed by atoms with Crippen LogP contribution in [-0.4, -0.2) is 17.1 Å². The van der Waals surface area contributed by atoms with E-state index >= 15 is 0 Å². The third kappa shape index (κ3) is 1.95. The molecule has 0 bridgehead atoms. The maximum absolute atomic E-state index is 5.21. The first-order valence-corrected chi connectivity index (χ1v) is 6.45. The Bertz CT molecular complexity index is 706. The van der Waals surface area contributed by atoms with Gasteiger partial charge in [0.1, 0.15) is 10.8 Å². The third-order valence-electron chi connectivity index (χ3n) is 2.73. The normalized spacial score (nSPS) is 10.8. The summed E-state index contributed by atoms with van der Waals surface area (Å²) in [6.45, 7) is 2.06. The summed E-state index contributed by atoms with van der Waals surface area (Å²) in [5, 5.41) is 0.946. The van der Waals surface area contributed by atoms with Crippen molar-refractivity contribution >= 4 is 21.6 Å². The van der Waals surface area contributed by atoms with Crippen molar-refractivity contribution in [3.63, 3.8) is 0 Å². The molecule has 0 atom stereocenters. The molecule has 2 heterocycles. The van der Waals surface area contributed by atoms with Crippen LogP contribution < -0.4 is 4.74 Å². The number of hydrogen-bond donors (Lipinski definition) is 0. The molecular formula is C14H12N2OS. The average Bonchev–Trinajstić information content (AvgIpc) is 2.81. The Morgan fingerprint density at radius 2 is 2.06 bits per heavy atom. The van der Waals surface area contributed by atoms with E-state index in [1.54, 1.807) is 18.4 Å². The molecule has 0 aliphatic rings. The van der Waals surface area contributed by atoms with Crippen molar-refractivity contribution in [3.8, 4) is 16.5 Å². The summed E-state index contributed by atoms with van der Waals surface area (Å²) in [5.41, 5.74) is 3.07. The zero-order valence-corrected chi connectivity index (χ0v) is 11.0. The molecule has 3 nitrogen and oxygen atoms in total. The molecule has 0 unspecified atom stereocenters. The van der Waals surface area contributed by atoms with E-state index in [4.69, 9.17) is 4.74 Å². The van der Waals surface area contributed by atoms with Crippen molar-refractivity contribution in [1.29, 1.82) is 0 Å². The number of fused-ring (bicyclic) bond motifs is 1. The lowest BCUT2D eigenvalue weighted by Crippen LogP contribution is -1.83. The van der Waals surface area contributed by atoms with Gasteiger partial charge in [-0.15, -0.1) is 11.3 Å². The van der Waals surface area contributed by atoms with E-state index in [2.05, 4.69) is 23.0 Å². The Hall–Kier alpha value is -1.94. The molecule has 0 saturated carbocycles. The van der Waals surface area contributed by atoms with E-state index in [1.165, 1.54) is 5.56 Å². The molecular weight excluding hydrogens is 244 g/mol. The zero-order valence-electron chi connectivity index (χ0n) is 10.2. The average molecular weight is 256 g/mol. The Morgan fingerprint density at radius 1 is 1.17 bits per heavy atom. The highest BCUT2D eigenvalue weighted by atomic mass is 32.1. The monoisotopic (exact) mass is 256 g/mol. The smallest absolute Gasteiger partial charge is 0.143 e. The van der Waals surface area contributed by atoms with E-state index < -0.39 is 0 Å². The van der Waals surface area contributed by atoms with Crippen molar-refractivity contribution in [2.75, 3.05) is 7.11 Å². The van der Waals surface area contributed by atoms with Crippen molar-refractivity contribution in [2.24, 2.45) is 0 Å². The van der Waals surface area contributed by atoms with Crippen LogP contribution in [0.4, 0.5) is 0 Å². The van der Waals surface area contributed by atoms with Gasteiger partial charge in [-0.3, -0.25) is 4.98 Å². The molecule has 3 rings (SSSR count). The predicted molar refractivity (Wildman–Crippen MR) is 74.1 cm³/mol. The van der Waals surface area contributed by atoms with Gasteiger partial charge in [0.25, 0.3) is 0 Å². The largest absolute Gasteiger partial charge is 0.497 e. The molecule has 0 radical (unpaired) electrons. The molecule has 0 N–H and O–H groups in total. The van der Waals surface area contributed by atoms with E-state index in [0.29, 0.717) is 0 Å². The highest BCUT2D eigenvalue weighted by Gasteiger charge is 2.08. The first-order valence-electron chi connectivity index (χ1n) is 5.64. The molecule has 90 valence electrons. The first kappa shape index (κ1) is 11.2. The number of methoxy groups -OCH3 is 1. The summed E-state index contributed by atoms with van der Waals surface area (Å²) in [4.78, 5) is 8.97. The van der Waals surface area contributed by atoms with Crippen LogP contribution in [0.15, 0.2) is 36.5 Å². The molecule has 4 heteroatoms. The molecule has 0 saturated heterocycles. The van der Waals surface area contributed by atoms with Gasteiger partial charge in [-0.25, -0.2) is 4.98 Å². The molecule has 0 amide bonds. The topological polar surface area (TPSA) is 35.0 Å². The Kier molecular flexibility index (Phi) is 2.72. The SMILES string of the molecule is COc1ccc2sc(-c3cc(C)ccn3)nc2c1. The fourth-order valence-corrected chi connectivity index (χ4v) is 2.71. The highest BCUT2D eigenvalue weighted by molar-refractivity contribution is 7.21. The van der Waals surface area contributed by atoms with Gasteiger partial charge in [0.2, 0.25) is 0 Å². The number of aromatic nitrogens is 2. The summed E-state index contributed by atoms with van der Waals surface area (Å²) in [6, 6.07) is 9.97. The molecule has 18 heavy (non-hydrogen) atoms. The Morgan fingerprint density at radius 3 is 2.83 bits per heavy atom. The van der Waals surface area contributed by atoms with Crippen LogP contribution >= 0.6 is 11.3 Å². The molecule has 2 aromatic heterocycles. The van der Waals surface area contributed by atoms with Crippen LogP contribution in [0.3, 0.4) is 0 Å². The standard InChI is InChI=1S/C14H12N2OS/c1-9-5-6-15-12(7-9)14-16-11-8-10(17-2)3-4-13(11)18-14/h3-8H,1-2H3. The second kappa shape index (κ2) is 4.38. The number of hydrogen-bond acceptors (Lipinski definition) is 4. The van der Waals surface area contributed by atoms with Crippen molar-refractivity contribution in [3.05, 3.63) is 42.1 Å². The lowest BCUT2D eigenvalue weighted by Gasteiger charge is -1.96. The van der Waals surface area contributed by atoms with Crippen LogP contribution in [0.1, 0.15) is 5.56 Å². The van der Waals surface area contributed by atoms with Crippen LogP contribution in [0.5, 0.6) is 5.75 Å². The van der Waals surface area contributed by atoms with Crippen molar-refractivity contribution in [1.82, 2.24) is 9.97 Å². The third-order valence-corrected chi connectivity index (χ3v) is 3.79. The maximum atomic E-state index is 5.21. The van der Waals surface area contributed by atoms with Crippen LogP contribution in [0.25, 0.3) is 20.9 Å². The lowest BCUT2D eigenvalue weighted by molar-refractivity contribution is 0.415. The quantitative estimate of drug-likeness (QED) is 0.701. The number of aryl methyl sites for hydroxylation is 1. The zero-order chi connectivity index (χ0) is 12.5. The molecule has 0 aliphatic heterocycles. The van der Waals surface area contributed by atoms with Crippen molar-refractivity contribution < 1.29 is 4.74 Å². The van der Waals surface area contributed by atoms with Gasteiger partial charge in [-0.2, -0.15) is 0 Å². The second-order valence-electron chi connectivity index (χ2n) is 4.07. The van der Waals surface area contributed by atoms with E-state index in [0.717, 1.165) is 26.7 Å². The maximum Gasteiger partial charge on any atom is 0.143 e. The van der Waals surface area contributed by atoms with E-state index in [9.17, 15) is 0 Å². The number of benzene rings is 1. The minimum Gasteiger partial charge on any atom is -0.497 e. The van der Waals surface area contributed by atoms with Crippen LogP contribution in [0.2, 0.25) is 0 Å². The van der Waals surface area contributed by atoms with Gasteiger partial charge in [-0.05, 0) is 36.8 Å². The summed E-state index contributed by atoms with van der Waals surface area (Å²) in [6.07, 6.45) is 1.82. The second-order valence-corrected chi connectivity index (χ2v) is 5.10. The summed E-state index contributed by atoms with van der Waals surface area (Å²) >= 11 is 1.65. The number of thiazole rings is 1. The van der Waals surface area contributed by atoms with Crippen molar-refractivity contribution in [2.45, 2.75) is 6.92 Å². The van der Waals surface area contributed by atoms with E-state index in [-0.39, 0.29) is 0 Å². The predicted octanol–water partition coefficient (Wildman–Crippen LogP) is 3.68. The minimum absolute atomic E-state index is 0.830. The van der Waals surface area contributed by atoms with Gasteiger partial charge in [0, 0.05) is 12.3 Å². The van der Waals surface area contributed by atoms with Crippen LogP contribution in [-0.2, 0) is 0 Å². The van der Waals surface area contributed by atoms with Gasteiger partial charge in [0.05, 0.1) is 23.0 Å². The van der Waals surface area contributed by atoms with E-state index in [1.807, 2.05) is 30.5 Å². The summed E-state index contributed by atoms with van der Waals surface area (Å²) < 4.78 is 6.35. The Labute approximate surface area is 109 Å². The fraction of sp³-hybridized carbons (Fsp3) is 0.143. The number of ether oxygens (including phenoxy) is 1. The lowest BCUT2D eigenvalue weighted by atomic mass is 10.2.